The minimum Gasteiger partial charge on any atom is -0.481 e. The van der Waals surface area contributed by atoms with Crippen LogP contribution in [0.3, 0.4) is 0 Å². The molecule has 21 heavy (non-hydrogen) atoms. The molecule has 1 aromatic carbocycles. The van der Waals surface area contributed by atoms with Gasteiger partial charge in [0.25, 0.3) is 5.56 Å². The van der Waals surface area contributed by atoms with E-state index in [1.807, 2.05) is 12.1 Å². The number of aliphatic carboxylic acids is 1. The average molecular weight is 351 g/mol. The van der Waals surface area contributed by atoms with Gasteiger partial charge in [0.2, 0.25) is 0 Å². The Morgan fingerprint density at radius 1 is 1.38 bits per heavy atom. The van der Waals surface area contributed by atoms with Gasteiger partial charge >= 0.3 is 5.97 Å². The molecule has 0 aliphatic carbocycles. The molecule has 0 saturated heterocycles. The van der Waals surface area contributed by atoms with Gasteiger partial charge < -0.3 is 5.11 Å². The predicted octanol–water partition coefficient (Wildman–Crippen LogP) is 2.55. The highest BCUT2D eigenvalue weighted by Crippen LogP contribution is 2.16. The second-order valence-corrected chi connectivity index (χ2v) is 5.67. The number of carboxylic acids is 1. The van der Waals surface area contributed by atoms with E-state index in [-0.39, 0.29) is 5.56 Å². The molecular formula is C15H15BrN2O3. The van der Waals surface area contributed by atoms with Crippen LogP contribution in [0.4, 0.5) is 0 Å². The molecule has 0 bridgehead atoms. The fourth-order valence-electron chi connectivity index (χ4n) is 1.91. The lowest BCUT2D eigenvalue weighted by atomic mass is 10.00. The summed E-state index contributed by atoms with van der Waals surface area (Å²) in [5.41, 5.74) is 2.17. The van der Waals surface area contributed by atoms with Gasteiger partial charge in [-0.05, 0) is 40.9 Å². The van der Waals surface area contributed by atoms with Gasteiger partial charge in [-0.3, -0.25) is 14.2 Å². The minimum absolute atomic E-state index is 0.134. The Balaban J connectivity index is 2.24. The van der Waals surface area contributed by atoms with Crippen molar-refractivity contribution in [2.45, 2.75) is 26.3 Å². The SMILES string of the molecule is Cc1ncn(Cc2ccc(C(C)C(=O)O)cc2)c(=O)c1Br. The molecule has 1 unspecified atom stereocenters. The number of hydrogen-bond donors (Lipinski definition) is 1. The molecule has 0 saturated carbocycles. The van der Waals surface area contributed by atoms with Crippen LogP contribution in [0, 0.1) is 6.92 Å². The summed E-state index contributed by atoms with van der Waals surface area (Å²) in [6, 6.07) is 7.20. The molecule has 0 amide bonds. The van der Waals surface area contributed by atoms with Crippen LogP contribution >= 0.6 is 15.9 Å². The highest BCUT2D eigenvalue weighted by molar-refractivity contribution is 9.10. The number of nitrogens with zero attached hydrogens (tertiary/aromatic N) is 2. The van der Waals surface area contributed by atoms with E-state index in [0.29, 0.717) is 16.7 Å². The van der Waals surface area contributed by atoms with Crippen molar-refractivity contribution < 1.29 is 9.90 Å². The molecule has 5 nitrogen and oxygen atoms in total. The third-order valence-electron chi connectivity index (χ3n) is 3.36. The predicted molar refractivity (Wildman–Crippen MR) is 82.5 cm³/mol. The quantitative estimate of drug-likeness (QED) is 0.919. The Morgan fingerprint density at radius 2 is 2.00 bits per heavy atom. The van der Waals surface area contributed by atoms with E-state index in [2.05, 4.69) is 20.9 Å². The summed E-state index contributed by atoms with van der Waals surface area (Å²) in [6.45, 7) is 3.80. The van der Waals surface area contributed by atoms with Crippen molar-refractivity contribution in [2.24, 2.45) is 0 Å². The van der Waals surface area contributed by atoms with E-state index in [1.54, 1.807) is 26.0 Å². The molecule has 2 rings (SSSR count). The van der Waals surface area contributed by atoms with Gasteiger partial charge in [-0.15, -0.1) is 0 Å². The van der Waals surface area contributed by atoms with Gasteiger partial charge in [-0.25, -0.2) is 4.98 Å². The van der Waals surface area contributed by atoms with E-state index in [0.717, 1.165) is 11.1 Å². The molecule has 0 radical (unpaired) electrons. The summed E-state index contributed by atoms with van der Waals surface area (Å²) in [7, 11) is 0. The summed E-state index contributed by atoms with van der Waals surface area (Å²) in [4.78, 5) is 27.1. The highest BCUT2D eigenvalue weighted by atomic mass is 79.9. The zero-order valence-corrected chi connectivity index (χ0v) is 13.3. The van der Waals surface area contributed by atoms with Crippen molar-refractivity contribution in [2.75, 3.05) is 0 Å². The van der Waals surface area contributed by atoms with Crippen molar-refractivity contribution >= 4 is 21.9 Å². The number of rotatable bonds is 4. The maximum Gasteiger partial charge on any atom is 0.310 e. The van der Waals surface area contributed by atoms with Gasteiger partial charge in [0.15, 0.2) is 0 Å². The zero-order chi connectivity index (χ0) is 15.6. The van der Waals surface area contributed by atoms with Crippen LogP contribution in [0.15, 0.2) is 39.9 Å². The van der Waals surface area contributed by atoms with Gasteiger partial charge in [0.05, 0.1) is 24.5 Å². The lowest BCUT2D eigenvalue weighted by Crippen LogP contribution is -2.22. The monoisotopic (exact) mass is 350 g/mol. The van der Waals surface area contributed by atoms with Crippen LogP contribution in [0.2, 0.25) is 0 Å². The summed E-state index contributed by atoms with van der Waals surface area (Å²) >= 11 is 3.23. The van der Waals surface area contributed by atoms with Crippen LogP contribution in [0.25, 0.3) is 0 Å². The summed E-state index contributed by atoms with van der Waals surface area (Å²) in [5, 5.41) is 8.97. The standard InChI is InChI=1S/C15H15BrN2O3/c1-9(15(20)21)12-5-3-11(4-6-12)7-18-8-17-10(2)13(16)14(18)19/h3-6,8-9H,7H2,1-2H3,(H,20,21). The van der Waals surface area contributed by atoms with Crippen LogP contribution in [-0.4, -0.2) is 20.6 Å². The van der Waals surface area contributed by atoms with Crippen LogP contribution in [0.5, 0.6) is 0 Å². The molecule has 0 spiro atoms. The smallest absolute Gasteiger partial charge is 0.310 e. The lowest BCUT2D eigenvalue weighted by Gasteiger charge is -2.09. The molecular weight excluding hydrogens is 336 g/mol. The maximum atomic E-state index is 12.1. The first-order valence-corrected chi connectivity index (χ1v) is 7.22. The third kappa shape index (κ3) is 3.39. The molecule has 0 aliphatic heterocycles. The van der Waals surface area contributed by atoms with Crippen molar-refractivity contribution in [3.63, 3.8) is 0 Å². The van der Waals surface area contributed by atoms with Crippen molar-refractivity contribution in [1.29, 1.82) is 0 Å². The van der Waals surface area contributed by atoms with E-state index >= 15 is 0 Å². The normalized spacial score (nSPS) is 12.1. The lowest BCUT2D eigenvalue weighted by molar-refractivity contribution is -0.138. The molecule has 1 N–H and O–H groups in total. The Kier molecular flexibility index (Phi) is 4.57. The summed E-state index contributed by atoms with van der Waals surface area (Å²) in [6.07, 6.45) is 1.51. The molecule has 1 aromatic heterocycles. The largest absolute Gasteiger partial charge is 0.481 e. The number of aryl methyl sites for hydroxylation is 1. The Morgan fingerprint density at radius 3 is 2.57 bits per heavy atom. The fraction of sp³-hybridized carbons (Fsp3) is 0.267. The maximum absolute atomic E-state index is 12.1. The first-order valence-electron chi connectivity index (χ1n) is 6.43. The van der Waals surface area contributed by atoms with Crippen molar-refractivity contribution in [3.05, 3.63) is 62.2 Å². The van der Waals surface area contributed by atoms with E-state index in [9.17, 15) is 9.59 Å². The first-order chi connectivity index (χ1) is 9.90. The Labute approximate surface area is 130 Å². The highest BCUT2D eigenvalue weighted by Gasteiger charge is 2.13. The van der Waals surface area contributed by atoms with Crippen LogP contribution < -0.4 is 5.56 Å². The number of benzene rings is 1. The van der Waals surface area contributed by atoms with E-state index in [1.165, 1.54) is 10.9 Å². The second-order valence-electron chi connectivity index (χ2n) is 4.88. The number of carbonyl (C=O) groups is 1. The molecule has 6 heteroatoms. The zero-order valence-electron chi connectivity index (χ0n) is 11.7. The number of aromatic nitrogens is 2. The number of halogens is 1. The number of carboxylic acid groups (broad SMARTS) is 1. The molecule has 2 aromatic rings. The van der Waals surface area contributed by atoms with Gasteiger partial charge in [0.1, 0.15) is 4.47 Å². The Hall–Kier alpha value is -1.95. The van der Waals surface area contributed by atoms with E-state index < -0.39 is 11.9 Å². The van der Waals surface area contributed by atoms with E-state index in [4.69, 9.17) is 5.11 Å². The van der Waals surface area contributed by atoms with Gasteiger partial charge in [-0.1, -0.05) is 24.3 Å². The summed E-state index contributed by atoms with van der Waals surface area (Å²) in [5.74, 6) is -1.40. The molecule has 1 heterocycles. The molecule has 0 fully saturated rings. The third-order valence-corrected chi connectivity index (χ3v) is 4.27. The molecule has 0 aliphatic rings. The van der Waals surface area contributed by atoms with Crippen molar-refractivity contribution in [1.82, 2.24) is 9.55 Å². The van der Waals surface area contributed by atoms with Crippen molar-refractivity contribution in [3.8, 4) is 0 Å². The van der Waals surface area contributed by atoms with Gasteiger partial charge in [-0.2, -0.15) is 0 Å². The van der Waals surface area contributed by atoms with Gasteiger partial charge in [0, 0.05) is 0 Å². The second kappa shape index (κ2) is 6.22. The molecule has 110 valence electrons. The fourth-order valence-corrected chi connectivity index (χ4v) is 2.24. The number of hydrogen-bond acceptors (Lipinski definition) is 3. The minimum atomic E-state index is -0.856. The molecule has 1 atom stereocenters. The first kappa shape index (κ1) is 15.4. The van der Waals surface area contributed by atoms with Crippen LogP contribution in [0.1, 0.15) is 29.7 Å². The summed E-state index contributed by atoms with van der Waals surface area (Å²) < 4.78 is 1.97. The van der Waals surface area contributed by atoms with Crippen LogP contribution in [-0.2, 0) is 11.3 Å². The topological polar surface area (TPSA) is 72.2 Å². The Bertz CT molecular complexity index is 723. The average Bonchev–Trinajstić information content (AvgIpc) is 2.48.